The van der Waals surface area contributed by atoms with Gasteiger partial charge in [-0.1, -0.05) is 72.8 Å². The van der Waals surface area contributed by atoms with E-state index in [-0.39, 0.29) is 0 Å². The van der Waals surface area contributed by atoms with Gasteiger partial charge < -0.3 is 10.2 Å². The molecule has 0 radical (unpaired) electrons. The zero-order chi connectivity index (χ0) is 15.9. The summed E-state index contributed by atoms with van der Waals surface area (Å²) in [6.07, 6.45) is 3.38. The van der Waals surface area contributed by atoms with Gasteiger partial charge in [0.15, 0.2) is 5.92 Å². The molecular weight excluding hydrogens is 280 g/mol. The Hall–Kier alpha value is -2.88. The van der Waals surface area contributed by atoms with Gasteiger partial charge in [-0.05, 0) is 11.1 Å². The van der Waals surface area contributed by atoms with E-state index in [1.165, 1.54) is 0 Å². The highest BCUT2D eigenvalue weighted by molar-refractivity contribution is 5.94. The molecule has 0 saturated carbocycles. The van der Waals surface area contributed by atoms with Gasteiger partial charge in [0.2, 0.25) is 0 Å². The zero-order valence-corrected chi connectivity index (χ0v) is 11.8. The number of hydrogen-bond donors (Lipinski definition) is 2. The highest BCUT2D eigenvalue weighted by Crippen LogP contribution is 2.28. The van der Waals surface area contributed by atoms with E-state index in [2.05, 4.69) is 0 Å². The van der Waals surface area contributed by atoms with E-state index < -0.39 is 23.8 Å². The normalized spacial score (nSPS) is 12.4. The van der Waals surface area contributed by atoms with Crippen LogP contribution in [-0.2, 0) is 9.59 Å². The molecule has 0 unspecified atom stereocenters. The summed E-state index contributed by atoms with van der Waals surface area (Å²) in [7, 11) is 0. The van der Waals surface area contributed by atoms with Gasteiger partial charge in [-0.3, -0.25) is 9.59 Å². The first-order chi connectivity index (χ1) is 10.6. The van der Waals surface area contributed by atoms with Gasteiger partial charge in [-0.25, -0.2) is 0 Å². The second-order valence-electron chi connectivity index (χ2n) is 4.86. The molecule has 112 valence electrons. The van der Waals surface area contributed by atoms with E-state index in [1.807, 2.05) is 30.3 Å². The van der Waals surface area contributed by atoms with Gasteiger partial charge in [0.1, 0.15) is 0 Å². The third-order valence-electron chi connectivity index (χ3n) is 3.37. The molecule has 0 spiro atoms. The Morgan fingerprint density at radius 2 is 1.32 bits per heavy atom. The van der Waals surface area contributed by atoms with Crippen LogP contribution < -0.4 is 0 Å². The first-order valence-corrected chi connectivity index (χ1v) is 6.83. The van der Waals surface area contributed by atoms with Crippen LogP contribution in [0.2, 0.25) is 0 Å². The van der Waals surface area contributed by atoms with Crippen LogP contribution in [-0.4, -0.2) is 22.2 Å². The molecule has 4 heteroatoms. The largest absolute Gasteiger partial charge is 0.481 e. The molecule has 0 saturated heterocycles. The monoisotopic (exact) mass is 296 g/mol. The molecule has 0 fully saturated rings. The van der Waals surface area contributed by atoms with Crippen LogP contribution in [0, 0.1) is 5.92 Å². The SMILES string of the molecule is O=C(O)C(C(=O)O)[C@H](C=Cc1ccccc1)c1ccccc1. The molecular formula is C18H16O4. The Bertz CT molecular complexity index is 648. The minimum atomic E-state index is -1.53. The first kappa shape index (κ1) is 15.5. The van der Waals surface area contributed by atoms with Crippen LogP contribution in [0.1, 0.15) is 17.0 Å². The Morgan fingerprint density at radius 3 is 1.82 bits per heavy atom. The Morgan fingerprint density at radius 1 is 0.818 bits per heavy atom. The van der Waals surface area contributed by atoms with Crippen molar-refractivity contribution in [2.45, 2.75) is 5.92 Å². The van der Waals surface area contributed by atoms with E-state index in [4.69, 9.17) is 0 Å². The van der Waals surface area contributed by atoms with Crippen molar-refractivity contribution in [1.82, 2.24) is 0 Å². The molecule has 0 aliphatic carbocycles. The van der Waals surface area contributed by atoms with Gasteiger partial charge in [0.05, 0.1) is 0 Å². The van der Waals surface area contributed by atoms with Crippen LogP contribution in [0.3, 0.4) is 0 Å². The third-order valence-corrected chi connectivity index (χ3v) is 3.37. The van der Waals surface area contributed by atoms with Gasteiger partial charge in [0.25, 0.3) is 0 Å². The molecule has 0 bridgehead atoms. The van der Waals surface area contributed by atoms with Gasteiger partial charge >= 0.3 is 11.9 Å². The first-order valence-electron chi connectivity index (χ1n) is 6.83. The molecule has 0 heterocycles. The van der Waals surface area contributed by atoms with Crippen LogP contribution in [0.4, 0.5) is 0 Å². The van der Waals surface area contributed by atoms with Crippen molar-refractivity contribution in [3.8, 4) is 0 Å². The van der Waals surface area contributed by atoms with Crippen LogP contribution in [0.15, 0.2) is 66.7 Å². The molecule has 4 nitrogen and oxygen atoms in total. The maximum atomic E-state index is 11.4. The van der Waals surface area contributed by atoms with Crippen LogP contribution in [0.5, 0.6) is 0 Å². The summed E-state index contributed by atoms with van der Waals surface area (Å²) in [5, 5.41) is 18.5. The molecule has 0 aliphatic rings. The maximum Gasteiger partial charge on any atom is 0.318 e. The number of carboxylic acid groups (broad SMARTS) is 2. The number of allylic oxidation sites excluding steroid dienone is 1. The Labute approximate surface area is 128 Å². The summed E-state index contributed by atoms with van der Waals surface area (Å²) < 4.78 is 0. The summed E-state index contributed by atoms with van der Waals surface area (Å²) >= 11 is 0. The summed E-state index contributed by atoms with van der Waals surface area (Å²) in [4.78, 5) is 22.7. The molecule has 0 aliphatic heterocycles. The van der Waals surface area contributed by atoms with E-state index in [9.17, 15) is 19.8 Å². The molecule has 2 aromatic rings. The topological polar surface area (TPSA) is 74.6 Å². The highest BCUT2D eigenvalue weighted by Gasteiger charge is 2.34. The number of aliphatic carboxylic acids is 2. The predicted octanol–water partition coefficient (Wildman–Crippen LogP) is 3.27. The summed E-state index contributed by atoms with van der Waals surface area (Å²) in [5.41, 5.74) is 1.54. The quantitative estimate of drug-likeness (QED) is 0.802. The van der Waals surface area contributed by atoms with Crippen molar-refractivity contribution >= 4 is 18.0 Å². The number of rotatable bonds is 6. The molecule has 0 amide bonds. The highest BCUT2D eigenvalue weighted by atomic mass is 16.4. The number of benzene rings is 2. The van der Waals surface area contributed by atoms with Crippen molar-refractivity contribution in [3.63, 3.8) is 0 Å². The Balaban J connectivity index is 2.40. The molecule has 0 aromatic heterocycles. The maximum absolute atomic E-state index is 11.4. The molecule has 1 atom stereocenters. The van der Waals surface area contributed by atoms with Crippen molar-refractivity contribution < 1.29 is 19.8 Å². The van der Waals surface area contributed by atoms with E-state index >= 15 is 0 Å². The lowest BCUT2D eigenvalue weighted by atomic mass is 9.85. The van der Waals surface area contributed by atoms with Gasteiger partial charge in [-0.15, -0.1) is 0 Å². The molecule has 2 aromatic carbocycles. The van der Waals surface area contributed by atoms with E-state index in [0.717, 1.165) is 5.56 Å². The summed E-state index contributed by atoms with van der Waals surface area (Å²) in [5.74, 6) is -4.96. The minimum absolute atomic E-state index is 0.657. The van der Waals surface area contributed by atoms with E-state index in [0.29, 0.717) is 5.56 Å². The number of carboxylic acids is 2. The zero-order valence-electron chi connectivity index (χ0n) is 11.8. The summed E-state index contributed by atoms with van der Waals surface area (Å²) in [6, 6.07) is 18.1. The van der Waals surface area contributed by atoms with Crippen LogP contribution in [0.25, 0.3) is 6.08 Å². The molecule has 22 heavy (non-hydrogen) atoms. The minimum Gasteiger partial charge on any atom is -0.481 e. The van der Waals surface area contributed by atoms with Crippen molar-refractivity contribution in [2.75, 3.05) is 0 Å². The van der Waals surface area contributed by atoms with Gasteiger partial charge in [-0.2, -0.15) is 0 Å². The molecule has 2 rings (SSSR count). The van der Waals surface area contributed by atoms with Crippen molar-refractivity contribution in [3.05, 3.63) is 77.9 Å². The average Bonchev–Trinajstić information content (AvgIpc) is 2.52. The lowest BCUT2D eigenvalue weighted by Crippen LogP contribution is -2.29. The standard InChI is InChI=1S/C18H16O4/c19-17(20)16(18(21)22)15(14-9-5-2-6-10-14)12-11-13-7-3-1-4-8-13/h1-12,15-16H,(H,19,20)(H,21,22)/t15-/m1/s1. The van der Waals surface area contributed by atoms with Gasteiger partial charge in [0, 0.05) is 5.92 Å². The van der Waals surface area contributed by atoms with Crippen LogP contribution >= 0.6 is 0 Å². The average molecular weight is 296 g/mol. The fraction of sp³-hybridized carbons (Fsp3) is 0.111. The molecule has 2 N–H and O–H groups in total. The van der Waals surface area contributed by atoms with E-state index in [1.54, 1.807) is 42.5 Å². The lowest BCUT2D eigenvalue weighted by Gasteiger charge is -2.18. The number of hydrogen-bond acceptors (Lipinski definition) is 2. The number of carbonyl (C=O) groups is 2. The third kappa shape index (κ3) is 3.82. The predicted molar refractivity (Wildman–Crippen MR) is 83.4 cm³/mol. The lowest BCUT2D eigenvalue weighted by molar-refractivity contribution is -0.155. The van der Waals surface area contributed by atoms with Crippen molar-refractivity contribution in [1.29, 1.82) is 0 Å². The fourth-order valence-corrected chi connectivity index (χ4v) is 2.28. The fourth-order valence-electron chi connectivity index (χ4n) is 2.28. The summed E-state index contributed by atoms with van der Waals surface area (Å²) in [6.45, 7) is 0. The van der Waals surface area contributed by atoms with Crippen molar-refractivity contribution in [2.24, 2.45) is 5.92 Å². The second kappa shape index (κ2) is 7.22. The Kier molecular flexibility index (Phi) is 5.09. The smallest absolute Gasteiger partial charge is 0.318 e. The second-order valence-corrected chi connectivity index (χ2v) is 4.86.